The minimum Gasteiger partial charge on any atom is -0.487 e. The summed E-state index contributed by atoms with van der Waals surface area (Å²) in [7, 11) is 0. The van der Waals surface area contributed by atoms with E-state index in [0.717, 1.165) is 0 Å². The highest BCUT2D eigenvalue weighted by Crippen LogP contribution is 2.36. The molecule has 0 radical (unpaired) electrons. The summed E-state index contributed by atoms with van der Waals surface area (Å²) in [6.45, 7) is 1.89. The van der Waals surface area contributed by atoms with Crippen LogP contribution in [0, 0.1) is 11.3 Å². The van der Waals surface area contributed by atoms with E-state index in [1.54, 1.807) is 41.3 Å². The van der Waals surface area contributed by atoms with Crippen LogP contribution in [-0.4, -0.2) is 48.2 Å². The second-order valence-corrected chi connectivity index (χ2v) is 6.97. The molecular formula is C22H17N3O5. The minimum atomic E-state index is -0.215. The maximum atomic E-state index is 12.9. The van der Waals surface area contributed by atoms with Crippen molar-refractivity contribution in [3.63, 3.8) is 0 Å². The van der Waals surface area contributed by atoms with Gasteiger partial charge in [0.2, 0.25) is 0 Å². The molecule has 0 N–H and O–H groups in total. The van der Waals surface area contributed by atoms with Gasteiger partial charge in [0.05, 0.1) is 24.7 Å². The van der Waals surface area contributed by atoms with Crippen molar-refractivity contribution in [1.29, 1.82) is 5.26 Å². The van der Waals surface area contributed by atoms with E-state index >= 15 is 0 Å². The minimum absolute atomic E-state index is 0.105. The smallest absolute Gasteiger partial charge is 0.276 e. The summed E-state index contributed by atoms with van der Waals surface area (Å²) in [5, 5.41) is 8.86. The number of hydrogen-bond donors (Lipinski definition) is 0. The predicted octanol–water partition coefficient (Wildman–Crippen LogP) is 2.89. The fourth-order valence-electron chi connectivity index (χ4n) is 3.42. The molecule has 2 aliphatic heterocycles. The van der Waals surface area contributed by atoms with Gasteiger partial charge in [0, 0.05) is 5.56 Å². The molecule has 1 aromatic heterocycles. The van der Waals surface area contributed by atoms with Crippen LogP contribution in [0.2, 0.25) is 0 Å². The van der Waals surface area contributed by atoms with Crippen LogP contribution >= 0.6 is 0 Å². The Morgan fingerprint density at radius 3 is 2.63 bits per heavy atom. The van der Waals surface area contributed by atoms with E-state index in [9.17, 15) is 4.79 Å². The topological polar surface area (TPSA) is 97.8 Å². The molecule has 30 heavy (non-hydrogen) atoms. The number of hydrogen-bond acceptors (Lipinski definition) is 7. The molecule has 5 rings (SSSR count). The quantitative estimate of drug-likeness (QED) is 0.661. The summed E-state index contributed by atoms with van der Waals surface area (Å²) in [4.78, 5) is 18.7. The lowest BCUT2D eigenvalue weighted by Gasteiger charge is -2.38. The van der Waals surface area contributed by atoms with Gasteiger partial charge in [-0.05, 0) is 42.5 Å². The Balaban J connectivity index is 1.26. The van der Waals surface area contributed by atoms with Crippen LogP contribution in [0.1, 0.15) is 16.1 Å². The molecular weight excluding hydrogens is 386 g/mol. The number of fused-ring (bicyclic) bond motifs is 1. The van der Waals surface area contributed by atoms with Crippen LogP contribution in [0.25, 0.3) is 11.3 Å². The summed E-state index contributed by atoms with van der Waals surface area (Å²) in [6, 6.07) is 14.4. The highest BCUT2D eigenvalue weighted by atomic mass is 16.6. The van der Waals surface area contributed by atoms with Gasteiger partial charge >= 0.3 is 0 Å². The number of carbonyl (C=O) groups excluding carboxylic acids is 1. The van der Waals surface area contributed by atoms with Crippen molar-refractivity contribution in [2.24, 2.45) is 0 Å². The molecule has 8 heteroatoms. The molecule has 2 aromatic carbocycles. The number of benzene rings is 2. The number of nitriles is 1. The van der Waals surface area contributed by atoms with Crippen LogP contribution in [-0.2, 0) is 0 Å². The van der Waals surface area contributed by atoms with Crippen LogP contribution in [0.4, 0.5) is 0 Å². The molecule has 0 atom stereocenters. The van der Waals surface area contributed by atoms with Gasteiger partial charge in [0.1, 0.15) is 25.1 Å². The maximum Gasteiger partial charge on any atom is 0.276 e. The van der Waals surface area contributed by atoms with Crippen LogP contribution in [0.15, 0.2) is 53.3 Å². The van der Waals surface area contributed by atoms with Crippen LogP contribution in [0.3, 0.4) is 0 Å². The van der Waals surface area contributed by atoms with Gasteiger partial charge in [-0.3, -0.25) is 4.79 Å². The number of ether oxygens (including phenoxy) is 3. The number of oxazole rings is 1. The molecule has 150 valence electrons. The number of aromatic nitrogens is 1. The average molecular weight is 403 g/mol. The Labute approximate surface area is 172 Å². The third kappa shape index (κ3) is 3.31. The summed E-state index contributed by atoms with van der Waals surface area (Å²) in [5.41, 5.74) is 1.53. The number of carbonyl (C=O) groups is 1. The monoisotopic (exact) mass is 403 g/mol. The van der Waals surface area contributed by atoms with Gasteiger partial charge in [0.25, 0.3) is 5.91 Å². The molecule has 0 saturated carbocycles. The SMILES string of the molecule is N#Cc1ccc(OC2CN(C(=O)c3ncoc3-c3ccc4c(c3)OCCO4)C2)cc1. The number of nitrogens with zero attached hydrogens (tertiary/aromatic N) is 3. The van der Waals surface area contributed by atoms with Gasteiger partial charge in [-0.25, -0.2) is 4.98 Å². The normalized spacial score (nSPS) is 15.2. The zero-order valence-corrected chi connectivity index (χ0v) is 15.9. The Hall–Kier alpha value is -3.99. The lowest BCUT2D eigenvalue weighted by atomic mass is 10.1. The molecule has 1 saturated heterocycles. The van der Waals surface area contributed by atoms with Crippen molar-refractivity contribution in [3.05, 3.63) is 60.1 Å². The van der Waals surface area contributed by atoms with Crippen molar-refractivity contribution in [2.45, 2.75) is 6.10 Å². The van der Waals surface area contributed by atoms with Crippen LogP contribution in [0.5, 0.6) is 17.2 Å². The molecule has 3 aromatic rings. The van der Waals surface area contributed by atoms with Gasteiger partial charge in [-0.1, -0.05) is 0 Å². The molecule has 0 bridgehead atoms. The molecule has 0 spiro atoms. The van der Waals surface area contributed by atoms with Crippen LogP contribution < -0.4 is 14.2 Å². The Kier molecular flexibility index (Phi) is 4.48. The van der Waals surface area contributed by atoms with E-state index in [2.05, 4.69) is 11.1 Å². The maximum absolute atomic E-state index is 12.9. The third-order valence-corrected chi connectivity index (χ3v) is 5.00. The lowest BCUT2D eigenvalue weighted by molar-refractivity contribution is 0.0174. The molecule has 2 aliphatic rings. The van der Waals surface area contributed by atoms with Crippen molar-refractivity contribution in [3.8, 4) is 34.6 Å². The number of rotatable bonds is 4. The van der Waals surface area contributed by atoms with E-state index in [1.807, 2.05) is 6.07 Å². The third-order valence-electron chi connectivity index (χ3n) is 5.00. The predicted molar refractivity (Wildman–Crippen MR) is 104 cm³/mol. The fraction of sp³-hybridized carbons (Fsp3) is 0.227. The van der Waals surface area contributed by atoms with Crippen molar-refractivity contribution in [1.82, 2.24) is 9.88 Å². The standard InChI is InChI=1S/C22H17N3O5/c23-10-14-1-4-16(5-2-14)30-17-11-25(12-17)22(26)20-21(29-13-24-20)15-3-6-18-19(9-15)28-8-7-27-18/h1-6,9,13,17H,7-8,11-12H2. The summed E-state index contributed by atoms with van der Waals surface area (Å²) in [5.74, 6) is 2.14. The largest absolute Gasteiger partial charge is 0.487 e. The van der Waals surface area contributed by atoms with Crippen molar-refractivity contribution < 1.29 is 23.4 Å². The first kappa shape index (κ1) is 18.1. The fourth-order valence-corrected chi connectivity index (χ4v) is 3.42. The molecule has 0 aliphatic carbocycles. The Morgan fingerprint density at radius 1 is 1.10 bits per heavy atom. The summed E-state index contributed by atoms with van der Waals surface area (Å²) in [6.07, 6.45) is 1.16. The van der Waals surface area contributed by atoms with E-state index in [4.69, 9.17) is 23.9 Å². The molecule has 8 nitrogen and oxygen atoms in total. The van der Waals surface area contributed by atoms with E-state index in [0.29, 0.717) is 60.4 Å². The first-order valence-electron chi connectivity index (χ1n) is 9.51. The van der Waals surface area contributed by atoms with Gasteiger partial charge in [0.15, 0.2) is 29.3 Å². The zero-order chi connectivity index (χ0) is 20.5. The summed E-state index contributed by atoms with van der Waals surface area (Å²) >= 11 is 0. The first-order chi connectivity index (χ1) is 14.7. The Morgan fingerprint density at radius 2 is 1.87 bits per heavy atom. The lowest BCUT2D eigenvalue weighted by Crippen LogP contribution is -2.56. The molecule has 1 amide bonds. The second kappa shape index (κ2) is 7.44. The van der Waals surface area contributed by atoms with Gasteiger partial charge in [-0.15, -0.1) is 0 Å². The second-order valence-electron chi connectivity index (χ2n) is 6.97. The average Bonchev–Trinajstić information content (AvgIpc) is 3.25. The van der Waals surface area contributed by atoms with E-state index in [-0.39, 0.29) is 17.7 Å². The van der Waals surface area contributed by atoms with E-state index in [1.165, 1.54) is 6.39 Å². The van der Waals surface area contributed by atoms with Crippen molar-refractivity contribution >= 4 is 5.91 Å². The first-order valence-corrected chi connectivity index (χ1v) is 9.51. The van der Waals surface area contributed by atoms with Gasteiger partial charge in [-0.2, -0.15) is 5.26 Å². The van der Waals surface area contributed by atoms with Crippen molar-refractivity contribution in [2.75, 3.05) is 26.3 Å². The Bertz CT molecular complexity index is 1130. The number of likely N-dealkylation sites (tertiary alicyclic amines) is 1. The molecule has 1 fully saturated rings. The molecule has 0 unspecified atom stereocenters. The number of amides is 1. The van der Waals surface area contributed by atoms with Gasteiger partial charge < -0.3 is 23.5 Å². The molecule has 3 heterocycles. The highest BCUT2D eigenvalue weighted by molar-refractivity contribution is 5.98. The van der Waals surface area contributed by atoms with E-state index < -0.39 is 0 Å². The zero-order valence-electron chi connectivity index (χ0n) is 15.9. The summed E-state index contributed by atoms with van der Waals surface area (Å²) < 4.78 is 22.5. The highest BCUT2D eigenvalue weighted by Gasteiger charge is 2.35.